The van der Waals surface area contributed by atoms with Gasteiger partial charge in [-0.1, -0.05) is 6.07 Å². The highest BCUT2D eigenvalue weighted by atomic mass is 16.2. The van der Waals surface area contributed by atoms with Crippen LogP contribution in [0, 0.1) is 22.7 Å². The van der Waals surface area contributed by atoms with Crippen LogP contribution in [-0.2, 0) is 0 Å². The van der Waals surface area contributed by atoms with Gasteiger partial charge < -0.3 is 10.2 Å². The zero-order chi connectivity index (χ0) is 19.0. The van der Waals surface area contributed by atoms with Crippen LogP contribution in [0.5, 0.6) is 0 Å². The minimum absolute atomic E-state index is 0.210. The van der Waals surface area contributed by atoms with Gasteiger partial charge in [-0.25, -0.2) is 0 Å². The van der Waals surface area contributed by atoms with E-state index in [1.54, 1.807) is 14.1 Å². The van der Waals surface area contributed by atoms with Gasteiger partial charge in [0.15, 0.2) is 5.69 Å². The second kappa shape index (κ2) is 6.38. The van der Waals surface area contributed by atoms with Crippen LogP contribution in [0.3, 0.4) is 0 Å². The normalized spacial score (nSPS) is 14.8. The smallest absolute Gasteiger partial charge is 0.274 e. The number of nitrogens with one attached hydrogen (secondary N) is 2. The van der Waals surface area contributed by atoms with E-state index in [9.17, 15) is 15.3 Å². The molecule has 7 heteroatoms. The van der Waals surface area contributed by atoms with Crippen molar-refractivity contribution < 1.29 is 4.79 Å². The number of dihydropyridines is 1. The molecule has 1 amide bonds. The molecule has 2 aromatic rings. The van der Waals surface area contributed by atoms with Crippen LogP contribution < -0.4 is 5.32 Å². The summed E-state index contributed by atoms with van der Waals surface area (Å²) >= 11 is 0. The summed E-state index contributed by atoms with van der Waals surface area (Å²) in [5.74, 6) is -0.675. The number of hydrogen-bond acceptors (Lipinski definition) is 5. The first-order valence-corrected chi connectivity index (χ1v) is 8.07. The Morgan fingerprint density at radius 1 is 1.15 bits per heavy atom. The van der Waals surface area contributed by atoms with E-state index in [-0.39, 0.29) is 5.91 Å². The predicted molar refractivity (Wildman–Crippen MR) is 96.6 cm³/mol. The third kappa shape index (κ3) is 2.60. The summed E-state index contributed by atoms with van der Waals surface area (Å²) in [6.07, 6.45) is 0. The molecule has 1 aromatic heterocycles. The van der Waals surface area contributed by atoms with Gasteiger partial charge in [0.2, 0.25) is 0 Å². The molecule has 0 saturated heterocycles. The Morgan fingerprint density at radius 2 is 1.77 bits per heavy atom. The van der Waals surface area contributed by atoms with Gasteiger partial charge in [0, 0.05) is 30.9 Å². The Bertz CT molecular complexity index is 1020. The van der Waals surface area contributed by atoms with Crippen molar-refractivity contribution in [3.05, 3.63) is 52.0 Å². The van der Waals surface area contributed by atoms with Gasteiger partial charge in [-0.05, 0) is 31.5 Å². The van der Waals surface area contributed by atoms with E-state index in [4.69, 9.17) is 0 Å². The fourth-order valence-corrected chi connectivity index (χ4v) is 3.21. The molecule has 3 rings (SSSR count). The topological polar surface area (TPSA) is 109 Å². The fraction of sp³-hybridized carbons (Fsp3) is 0.263. The Hall–Kier alpha value is -3.58. The number of carbonyl (C=O) groups excluding carboxylic acids is 1. The van der Waals surface area contributed by atoms with Crippen molar-refractivity contribution in [3.8, 4) is 12.1 Å². The predicted octanol–water partition coefficient (Wildman–Crippen LogP) is 2.55. The lowest BCUT2D eigenvalue weighted by Crippen LogP contribution is -2.23. The maximum Gasteiger partial charge on any atom is 0.274 e. The van der Waals surface area contributed by atoms with Crippen LogP contribution in [0.4, 0.5) is 0 Å². The lowest BCUT2D eigenvalue weighted by Gasteiger charge is -2.26. The number of benzene rings is 1. The zero-order valence-corrected chi connectivity index (χ0v) is 15.0. The fourth-order valence-electron chi connectivity index (χ4n) is 3.21. The zero-order valence-electron chi connectivity index (χ0n) is 15.0. The average molecular weight is 346 g/mol. The number of aromatic nitrogens is 2. The van der Waals surface area contributed by atoms with Crippen LogP contribution in [0.2, 0.25) is 0 Å². The maximum atomic E-state index is 12.4. The van der Waals surface area contributed by atoms with Crippen LogP contribution in [0.15, 0.2) is 40.7 Å². The van der Waals surface area contributed by atoms with E-state index >= 15 is 0 Å². The molecule has 0 bridgehead atoms. The highest BCUT2D eigenvalue weighted by Gasteiger charge is 2.30. The minimum Gasteiger partial charge on any atom is -0.361 e. The Balaban J connectivity index is 2.22. The minimum atomic E-state index is -0.465. The van der Waals surface area contributed by atoms with Gasteiger partial charge in [-0.2, -0.15) is 15.6 Å². The first kappa shape index (κ1) is 17.2. The first-order chi connectivity index (χ1) is 12.4. The van der Waals surface area contributed by atoms with E-state index in [0.717, 1.165) is 22.5 Å². The van der Waals surface area contributed by atoms with E-state index < -0.39 is 5.92 Å². The van der Waals surface area contributed by atoms with Gasteiger partial charge in [-0.3, -0.25) is 9.89 Å². The SMILES string of the molecule is CC1=C(C#N)C(c2ccc3[nH]nc(C(=O)N(C)C)c3c2)C(C#N)=C(C)N1. The number of H-pyrrole nitrogens is 1. The number of nitrogens with zero attached hydrogens (tertiary/aromatic N) is 4. The molecule has 130 valence electrons. The maximum absolute atomic E-state index is 12.4. The number of carbonyl (C=O) groups is 1. The van der Waals surface area contributed by atoms with Gasteiger partial charge in [0.05, 0.1) is 34.7 Å². The van der Waals surface area contributed by atoms with Crippen LogP contribution >= 0.6 is 0 Å². The number of amides is 1. The molecule has 0 spiro atoms. The largest absolute Gasteiger partial charge is 0.361 e. The highest BCUT2D eigenvalue weighted by molar-refractivity contribution is 6.04. The number of nitriles is 2. The molecule has 0 aliphatic carbocycles. The molecule has 7 nitrogen and oxygen atoms in total. The Morgan fingerprint density at radius 3 is 2.31 bits per heavy atom. The highest BCUT2D eigenvalue weighted by Crippen LogP contribution is 2.38. The Labute approximate surface area is 151 Å². The molecule has 1 aliphatic heterocycles. The summed E-state index contributed by atoms with van der Waals surface area (Å²) in [5, 5.41) is 30.0. The molecule has 0 saturated carbocycles. The molecule has 2 N–H and O–H groups in total. The summed E-state index contributed by atoms with van der Waals surface area (Å²) in [6.45, 7) is 3.64. The van der Waals surface area contributed by atoms with Crippen molar-refractivity contribution >= 4 is 16.8 Å². The van der Waals surface area contributed by atoms with Crippen molar-refractivity contribution in [1.29, 1.82) is 10.5 Å². The lowest BCUT2D eigenvalue weighted by molar-refractivity contribution is 0.0823. The second-order valence-corrected chi connectivity index (χ2v) is 6.44. The lowest BCUT2D eigenvalue weighted by atomic mass is 9.81. The average Bonchev–Trinajstić information content (AvgIpc) is 3.03. The quantitative estimate of drug-likeness (QED) is 0.868. The first-order valence-electron chi connectivity index (χ1n) is 8.07. The molecule has 2 heterocycles. The van der Waals surface area contributed by atoms with Gasteiger partial charge in [0.25, 0.3) is 5.91 Å². The number of aromatic amines is 1. The number of rotatable bonds is 2. The van der Waals surface area contributed by atoms with Crippen LogP contribution in [-0.4, -0.2) is 35.1 Å². The van der Waals surface area contributed by atoms with Gasteiger partial charge >= 0.3 is 0 Å². The third-order valence-electron chi connectivity index (χ3n) is 4.53. The third-order valence-corrected chi connectivity index (χ3v) is 4.53. The summed E-state index contributed by atoms with van der Waals surface area (Å²) in [7, 11) is 3.33. The molecule has 26 heavy (non-hydrogen) atoms. The molecule has 0 fully saturated rings. The summed E-state index contributed by atoms with van der Waals surface area (Å²) in [5.41, 5.74) is 4.27. The van der Waals surface area contributed by atoms with Crippen molar-refractivity contribution in [3.63, 3.8) is 0 Å². The van der Waals surface area contributed by atoms with E-state index in [1.165, 1.54) is 4.90 Å². The van der Waals surface area contributed by atoms with Gasteiger partial charge in [0.1, 0.15) is 0 Å². The van der Waals surface area contributed by atoms with E-state index in [1.807, 2.05) is 32.0 Å². The van der Waals surface area contributed by atoms with Crippen molar-refractivity contribution in [2.75, 3.05) is 14.1 Å². The molecule has 0 unspecified atom stereocenters. The molecular formula is C19H18N6O. The number of hydrogen-bond donors (Lipinski definition) is 2. The van der Waals surface area contributed by atoms with Crippen LogP contribution in [0.1, 0.15) is 35.8 Å². The summed E-state index contributed by atoms with van der Waals surface area (Å²) in [6, 6.07) is 9.95. The Kier molecular flexibility index (Phi) is 4.23. The monoisotopic (exact) mass is 346 g/mol. The van der Waals surface area contributed by atoms with Crippen LogP contribution in [0.25, 0.3) is 10.9 Å². The molecular weight excluding hydrogens is 328 g/mol. The van der Waals surface area contributed by atoms with Crippen molar-refractivity contribution in [2.24, 2.45) is 0 Å². The standard InChI is InChI=1S/C19H18N6O/c1-10-14(8-20)17(15(9-21)11(2)22-10)12-5-6-16-13(7-12)18(24-23-16)19(26)25(3)4/h5-7,17,22H,1-4H3,(H,23,24). The summed E-state index contributed by atoms with van der Waals surface area (Å²) < 4.78 is 0. The molecule has 1 aliphatic rings. The van der Waals surface area contributed by atoms with E-state index in [0.29, 0.717) is 22.2 Å². The van der Waals surface area contributed by atoms with E-state index in [2.05, 4.69) is 27.7 Å². The number of allylic oxidation sites excluding steroid dienone is 4. The second-order valence-electron chi connectivity index (χ2n) is 6.44. The molecule has 0 atom stereocenters. The van der Waals surface area contributed by atoms with Gasteiger partial charge in [-0.15, -0.1) is 0 Å². The molecule has 0 radical (unpaired) electrons. The number of fused-ring (bicyclic) bond motifs is 1. The van der Waals surface area contributed by atoms with Crippen molar-refractivity contribution in [2.45, 2.75) is 19.8 Å². The van der Waals surface area contributed by atoms with Crippen molar-refractivity contribution in [1.82, 2.24) is 20.4 Å². The molecule has 1 aromatic carbocycles. The summed E-state index contributed by atoms with van der Waals surface area (Å²) in [4.78, 5) is 13.8.